The summed E-state index contributed by atoms with van der Waals surface area (Å²) in [4.78, 5) is 12.9. The molecule has 0 spiro atoms. The van der Waals surface area contributed by atoms with E-state index in [1.807, 2.05) is 0 Å². The van der Waals surface area contributed by atoms with Gasteiger partial charge in [0, 0.05) is 20.0 Å². The molecular formula is C22H45NO3. The highest BCUT2D eigenvalue weighted by Gasteiger charge is 2.13. The monoisotopic (exact) mass is 371 g/mol. The first-order valence-corrected chi connectivity index (χ1v) is 11.2. The maximum absolute atomic E-state index is 11.4. The SMILES string of the molecule is CCCCCCCCCCCCCCCCC(O)CN(CCO)C(C)=O. The van der Waals surface area contributed by atoms with Gasteiger partial charge < -0.3 is 15.1 Å². The highest BCUT2D eigenvalue weighted by molar-refractivity contribution is 5.73. The second-order valence-corrected chi connectivity index (χ2v) is 7.73. The number of amides is 1. The predicted octanol–water partition coefficient (Wildman–Crippen LogP) is 5.06. The Morgan fingerprint density at radius 2 is 1.23 bits per heavy atom. The summed E-state index contributed by atoms with van der Waals surface area (Å²) in [5.74, 6) is -0.0842. The summed E-state index contributed by atoms with van der Waals surface area (Å²) in [6.45, 7) is 4.35. The van der Waals surface area contributed by atoms with E-state index in [4.69, 9.17) is 5.11 Å². The van der Waals surface area contributed by atoms with Gasteiger partial charge in [-0.3, -0.25) is 4.79 Å². The molecule has 0 saturated carbocycles. The van der Waals surface area contributed by atoms with Crippen LogP contribution in [0.2, 0.25) is 0 Å². The van der Waals surface area contributed by atoms with Gasteiger partial charge in [0.15, 0.2) is 0 Å². The summed E-state index contributed by atoms with van der Waals surface area (Å²) in [7, 11) is 0. The quantitative estimate of drug-likeness (QED) is 0.312. The second-order valence-electron chi connectivity index (χ2n) is 7.73. The average molecular weight is 372 g/mol. The standard InChI is InChI=1S/C22H45NO3/c1-3-4-5-6-7-8-9-10-11-12-13-14-15-16-17-22(26)20-23(18-19-24)21(2)25/h22,24,26H,3-20H2,1-2H3. The van der Waals surface area contributed by atoms with Crippen LogP contribution in [0.3, 0.4) is 0 Å². The Kier molecular flexibility index (Phi) is 18.7. The van der Waals surface area contributed by atoms with Crippen molar-refractivity contribution in [1.82, 2.24) is 4.90 Å². The lowest BCUT2D eigenvalue weighted by molar-refractivity contribution is -0.130. The van der Waals surface area contributed by atoms with E-state index >= 15 is 0 Å². The Hall–Kier alpha value is -0.610. The molecule has 4 heteroatoms. The van der Waals surface area contributed by atoms with Crippen LogP contribution in [0.25, 0.3) is 0 Å². The normalized spacial score (nSPS) is 12.3. The number of aliphatic hydroxyl groups is 2. The van der Waals surface area contributed by atoms with Crippen LogP contribution in [-0.4, -0.2) is 46.8 Å². The summed E-state index contributed by atoms with van der Waals surface area (Å²) in [5.41, 5.74) is 0. The molecule has 0 aromatic carbocycles. The van der Waals surface area contributed by atoms with E-state index in [2.05, 4.69) is 6.92 Å². The number of nitrogens with zero attached hydrogens (tertiary/aromatic N) is 1. The lowest BCUT2D eigenvalue weighted by Crippen LogP contribution is -2.37. The zero-order valence-electron chi connectivity index (χ0n) is 17.6. The summed E-state index contributed by atoms with van der Waals surface area (Å²) in [6, 6.07) is 0. The highest BCUT2D eigenvalue weighted by atomic mass is 16.3. The van der Waals surface area contributed by atoms with Gasteiger partial charge in [-0.05, 0) is 6.42 Å². The maximum atomic E-state index is 11.4. The number of carbonyl (C=O) groups is 1. The van der Waals surface area contributed by atoms with Gasteiger partial charge in [0.2, 0.25) is 5.91 Å². The number of carbonyl (C=O) groups excluding carboxylic acids is 1. The van der Waals surface area contributed by atoms with Crippen LogP contribution in [0.4, 0.5) is 0 Å². The molecule has 0 radical (unpaired) electrons. The third-order valence-corrected chi connectivity index (χ3v) is 5.14. The molecule has 2 N–H and O–H groups in total. The van der Waals surface area contributed by atoms with Crippen LogP contribution < -0.4 is 0 Å². The molecule has 0 aromatic rings. The Balaban J connectivity index is 3.33. The van der Waals surface area contributed by atoms with Gasteiger partial charge in [0.1, 0.15) is 0 Å². The van der Waals surface area contributed by atoms with Gasteiger partial charge in [-0.15, -0.1) is 0 Å². The van der Waals surface area contributed by atoms with Crippen LogP contribution in [0.1, 0.15) is 110 Å². The summed E-state index contributed by atoms with van der Waals surface area (Å²) >= 11 is 0. The minimum absolute atomic E-state index is 0.0504. The second kappa shape index (κ2) is 19.2. The van der Waals surface area contributed by atoms with E-state index in [-0.39, 0.29) is 12.5 Å². The molecule has 4 nitrogen and oxygen atoms in total. The van der Waals surface area contributed by atoms with E-state index in [9.17, 15) is 9.90 Å². The molecule has 1 atom stereocenters. The molecule has 26 heavy (non-hydrogen) atoms. The molecule has 0 saturated heterocycles. The first-order valence-electron chi connectivity index (χ1n) is 11.2. The third kappa shape index (κ3) is 16.8. The van der Waals surface area contributed by atoms with Crippen molar-refractivity contribution in [3.8, 4) is 0 Å². The van der Waals surface area contributed by atoms with Gasteiger partial charge in [-0.1, -0.05) is 96.8 Å². The number of rotatable bonds is 19. The number of aliphatic hydroxyl groups excluding tert-OH is 2. The van der Waals surface area contributed by atoms with E-state index in [1.54, 1.807) is 0 Å². The zero-order valence-corrected chi connectivity index (χ0v) is 17.6. The van der Waals surface area contributed by atoms with Crippen molar-refractivity contribution in [2.45, 2.75) is 116 Å². The fourth-order valence-corrected chi connectivity index (χ4v) is 3.42. The summed E-state index contributed by atoms with van der Waals surface area (Å²) < 4.78 is 0. The van der Waals surface area contributed by atoms with Crippen molar-refractivity contribution in [2.75, 3.05) is 19.7 Å². The predicted molar refractivity (Wildman–Crippen MR) is 110 cm³/mol. The van der Waals surface area contributed by atoms with Crippen LogP contribution in [-0.2, 0) is 4.79 Å². The molecule has 0 heterocycles. The number of hydrogen-bond donors (Lipinski definition) is 2. The van der Waals surface area contributed by atoms with E-state index in [0.29, 0.717) is 13.1 Å². The molecule has 0 aliphatic heterocycles. The molecule has 0 rings (SSSR count). The van der Waals surface area contributed by atoms with Crippen LogP contribution in [0, 0.1) is 0 Å². The molecular weight excluding hydrogens is 326 g/mol. The first kappa shape index (κ1) is 25.4. The Morgan fingerprint density at radius 1 is 0.808 bits per heavy atom. The minimum Gasteiger partial charge on any atom is -0.395 e. The van der Waals surface area contributed by atoms with Crippen molar-refractivity contribution in [1.29, 1.82) is 0 Å². The largest absolute Gasteiger partial charge is 0.395 e. The Morgan fingerprint density at radius 3 is 1.62 bits per heavy atom. The van der Waals surface area contributed by atoms with Gasteiger partial charge >= 0.3 is 0 Å². The number of unbranched alkanes of at least 4 members (excludes halogenated alkanes) is 13. The van der Waals surface area contributed by atoms with E-state index in [1.165, 1.54) is 88.9 Å². The maximum Gasteiger partial charge on any atom is 0.219 e. The lowest BCUT2D eigenvalue weighted by atomic mass is 10.0. The summed E-state index contributed by atoms with van der Waals surface area (Å²) in [6.07, 6.45) is 18.9. The van der Waals surface area contributed by atoms with Crippen molar-refractivity contribution < 1.29 is 15.0 Å². The molecule has 0 aromatic heterocycles. The molecule has 0 aliphatic carbocycles. The van der Waals surface area contributed by atoms with Gasteiger partial charge in [-0.2, -0.15) is 0 Å². The van der Waals surface area contributed by atoms with Crippen LogP contribution in [0.5, 0.6) is 0 Å². The zero-order chi connectivity index (χ0) is 19.5. The van der Waals surface area contributed by atoms with Crippen molar-refractivity contribution in [3.05, 3.63) is 0 Å². The van der Waals surface area contributed by atoms with Gasteiger partial charge in [-0.25, -0.2) is 0 Å². The molecule has 0 aliphatic rings. The van der Waals surface area contributed by atoms with E-state index in [0.717, 1.165) is 19.3 Å². The molecule has 0 bridgehead atoms. The number of hydrogen-bond acceptors (Lipinski definition) is 3. The molecule has 0 fully saturated rings. The van der Waals surface area contributed by atoms with Crippen LogP contribution in [0.15, 0.2) is 0 Å². The average Bonchev–Trinajstić information content (AvgIpc) is 2.61. The Bertz CT molecular complexity index is 310. The molecule has 1 amide bonds. The fourth-order valence-electron chi connectivity index (χ4n) is 3.42. The molecule has 1 unspecified atom stereocenters. The summed E-state index contributed by atoms with van der Waals surface area (Å²) in [5, 5.41) is 18.9. The van der Waals surface area contributed by atoms with Gasteiger partial charge in [0.25, 0.3) is 0 Å². The van der Waals surface area contributed by atoms with Crippen molar-refractivity contribution >= 4 is 5.91 Å². The lowest BCUT2D eigenvalue weighted by Gasteiger charge is -2.23. The van der Waals surface area contributed by atoms with Crippen LogP contribution >= 0.6 is 0 Å². The first-order chi connectivity index (χ1) is 12.6. The topological polar surface area (TPSA) is 60.8 Å². The Labute approximate surface area is 162 Å². The molecule has 156 valence electrons. The smallest absolute Gasteiger partial charge is 0.219 e. The minimum atomic E-state index is -0.470. The third-order valence-electron chi connectivity index (χ3n) is 5.14. The van der Waals surface area contributed by atoms with Crippen molar-refractivity contribution in [2.24, 2.45) is 0 Å². The van der Waals surface area contributed by atoms with E-state index < -0.39 is 6.10 Å². The fraction of sp³-hybridized carbons (Fsp3) is 0.955. The highest BCUT2D eigenvalue weighted by Crippen LogP contribution is 2.14. The van der Waals surface area contributed by atoms with Gasteiger partial charge in [0.05, 0.1) is 12.7 Å². The van der Waals surface area contributed by atoms with Crippen molar-refractivity contribution in [3.63, 3.8) is 0 Å².